The Bertz CT molecular complexity index is 263. The molecule has 0 aliphatic heterocycles. The number of aromatic nitrogens is 1. The molecule has 0 unspecified atom stereocenters. The summed E-state index contributed by atoms with van der Waals surface area (Å²) in [7, 11) is 0. The highest BCUT2D eigenvalue weighted by atomic mass is 35.5. The maximum Gasteiger partial charge on any atom is 0.213 e. The van der Waals surface area contributed by atoms with Gasteiger partial charge in [-0.1, -0.05) is 13.8 Å². The fourth-order valence-electron chi connectivity index (χ4n) is 0.865. The Morgan fingerprint density at radius 1 is 1.54 bits per heavy atom. The van der Waals surface area contributed by atoms with Crippen LogP contribution in [0.15, 0.2) is 18.3 Å². The van der Waals surface area contributed by atoms with Crippen molar-refractivity contribution in [1.29, 1.82) is 0 Å². The van der Waals surface area contributed by atoms with Crippen LogP contribution in [0, 0.1) is 5.92 Å². The van der Waals surface area contributed by atoms with Crippen LogP contribution in [0.4, 0.5) is 0 Å². The number of hydrogen-bond acceptors (Lipinski definition) is 2. The van der Waals surface area contributed by atoms with Gasteiger partial charge in [0.15, 0.2) is 0 Å². The molecule has 72 valence electrons. The van der Waals surface area contributed by atoms with Gasteiger partial charge in [-0.2, -0.15) is 0 Å². The summed E-state index contributed by atoms with van der Waals surface area (Å²) in [4.78, 5) is 4.08. The van der Waals surface area contributed by atoms with Gasteiger partial charge in [0.05, 0.1) is 6.61 Å². The summed E-state index contributed by atoms with van der Waals surface area (Å²) in [5.74, 6) is 1.67. The van der Waals surface area contributed by atoms with E-state index in [1.54, 1.807) is 6.20 Å². The minimum absolute atomic E-state index is 0.501. The molecule has 2 nitrogen and oxygen atoms in total. The quantitative estimate of drug-likeness (QED) is 0.696. The first-order valence-electron chi connectivity index (χ1n) is 4.36. The summed E-state index contributed by atoms with van der Waals surface area (Å²) >= 11 is 5.68. The van der Waals surface area contributed by atoms with E-state index >= 15 is 0 Å². The Balaban J connectivity index is 2.56. The zero-order valence-electron chi connectivity index (χ0n) is 7.96. The van der Waals surface area contributed by atoms with E-state index in [4.69, 9.17) is 16.3 Å². The number of hydrogen-bond donors (Lipinski definition) is 0. The maximum atomic E-state index is 5.68. The van der Waals surface area contributed by atoms with E-state index in [1.165, 1.54) is 0 Å². The maximum absolute atomic E-state index is 5.68. The van der Waals surface area contributed by atoms with Crippen molar-refractivity contribution < 1.29 is 4.74 Å². The van der Waals surface area contributed by atoms with E-state index in [1.807, 2.05) is 12.1 Å². The minimum atomic E-state index is 0.501. The van der Waals surface area contributed by atoms with Crippen molar-refractivity contribution in [3.63, 3.8) is 0 Å². The van der Waals surface area contributed by atoms with Crippen molar-refractivity contribution in [3.05, 3.63) is 23.9 Å². The molecule has 0 atom stereocenters. The molecule has 0 saturated carbocycles. The predicted octanol–water partition coefficient (Wildman–Crippen LogP) is 2.86. The molecule has 1 heterocycles. The zero-order valence-corrected chi connectivity index (χ0v) is 8.71. The highest BCUT2D eigenvalue weighted by Crippen LogP contribution is 2.11. The van der Waals surface area contributed by atoms with Crippen molar-refractivity contribution >= 4 is 11.6 Å². The second-order valence-electron chi connectivity index (χ2n) is 3.34. The first kappa shape index (κ1) is 10.3. The van der Waals surface area contributed by atoms with Crippen LogP contribution in [-0.2, 0) is 5.88 Å². The lowest BCUT2D eigenvalue weighted by Crippen LogP contribution is -2.05. The molecule has 0 aromatic carbocycles. The van der Waals surface area contributed by atoms with Crippen LogP contribution in [-0.4, -0.2) is 11.6 Å². The van der Waals surface area contributed by atoms with E-state index < -0.39 is 0 Å². The van der Waals surface area contributed by atoms with Crippen molar-refractivity contribution in [2.75, 3.05) is 6.61 Å². The second-order valence-corrected chi connectivity index (χ2v) is 3.61. The molecule has 0 fully saturated rings. The van der Waals surface area contributed by atoms with Crippen molar-refractivity contribution in [3.8, 4) is 5.88 Å². The molecule has 0 amide bonds. The lowest BCUT2D eigenvalue weighted by molar-refractivity contribution is 0.261. The molecule has 0 saturated heterocycles. The number of alkyl halides is 1. The number of pyridine rings is 1. The van der Waals surface area contributed by atoms with Gasteiger partial charge in [0.2, 0.25) is 5.88 Å². The topological polar surface area (TPSA) is 22.1 Å². The number of ether oxygens (including phenoxy) is 1. The molecule has 0 radical (unpaired) electrons. The number of rotatable bonds is 4. The van der Waals surface area contributed by atoms with Crippen molar-refractivity contribution in [2.24, 2.45) is 5.92 Å². The van der Waals surface area contributed by atoms with E-state index in [-0.39, 0.29) is 0 Å². The monoisotopic (exact) mass is 199 g/mol. The molecular weight excluding hydrogens is 186 g/mol. The fourth-order valence-corrected chi connectivity index (χ4v) is 1.03. The number of nitrogens with zero attached hydrogens (tertiary/aromatic N) is 1. The van der Waals surface area contributed by atoms with E-state index in [2.05, 4.69) is 18.8 Å². The SMILES string of the molecule is CC(C)COc1cc(CCl)ccn1. The third-order valence-electron chi connectivity index (χ3n) is 1.52. The zero-order chi connectivity index (χ0) is 9.68. The van der Waals surface area contributed by atoms with Crippen LogP contribution in [0.5, 0.6) is 5.88 Å². The molecule has 1 aromatic heterocycles. The van der Waals surface area contributed by atoms with Crippen LogP contribution >= 0.6 is 11.6 Å². The van der Waals surface area contributed by atoms with E-state index in [0.29, 0.717) is 24.3 Å². The summed E-state index contributed by atoms with van der Waals surface area (Å²) in [5.41, 5.74) is 1.04. The van der Waals surface area contributed by atoms with Gasteiger partial charge >= 0.3 is 0 Å². The van der Waals surface area contributed by atoms with Crippen molar-refractivity contribution in [1.82, 2.24) is 4.98 Å². The van der Waals surface area contributed by atoms with E-state index in [0.717, 1.165) is 5.56 Å². The Labute approximate surface area is 83.9 Å². The molecule has 0 N–H and O–H groups in total. The van der Waals surface area contributed by atoms with Crippen LogP contribution in [0.25, 0.3) is 0 Å². The van der Waals surface area contributed by atoms with Crippen LogP contribution < -0.4 is 4.74 Å². The summed E-state index contributed by atoms with van der Waals surface area (Å²) in [5, 5.41) is 0. The first-order chi connectivity index (χ1) is 6.22. The van der Waals surface area contributed by atoms with Crippen LogP contribution in [0.3, 0.4) is 0 Å². The molecule has 13 heavy (non-hydrogen) atoms. The number of halogens is 1. The molecule has 1 rings (SSSR count). The minimum Gasteiger partial charge on any atom is -0.477 e. The normalized spacial score (nSPS) is 10.5. The van der Waals surface area contributed by atoms with Gasteiger partial charge in [0, 0.05) is 18.1 Å². The van der Waals surface area contributed by atoms with Gasteiger partial charge in [-0.15, -0.1) is 11.6 Å². The molecule has 0 spiro atoms. The van der Waals surface area contributed by atoms with E-state index in [9.17, 15) is 0 Å². The Morgan fingerprint density at radius 2 is 2.31 bits per heavy atom. The lowest BCUT2D eigenvalue weighted by atomic mass is 10.2. The second kappa shape index (κ2) is 5.07. The van der Waals surface area contributed by atoms with Gasteiger partial charge in [0.1, 0.15) is 0 Å². The average molecular weight is 200 g/mol. The third-order valence-corrected chi connectivity index (χ3v) is 1.83. The van der Waals surface area contributed by atoms with Crippen molar-refractivity contribution in [2.45, 2.75) is 19.7 Å². The van der Waals surface area contributed by atoms with Gasteiger partial charge in [-0.25, -0.2) is 4.98 Å². The summed E-state index contributed by atoms with van der Waals surface area (Å²) in [6.45, 7) is 4.90. The highest BCUT2D eigenvalue weighted by Gasteiger charge is 1.99. The Kier molecular flexibility index (Phi) is 4.03. The average Bonchev–Trinajstić information content (AvgIpc) is 2.15. The van der Waals surface area contributed by atoms with Gasteiger partial charge in [-0.3, -0.25) is 0 Å². The summed E-state index contributed by atoms with van der Waals surface area (Å²) < 4.78 is 5.44. The molecular formula is C10H14ClNO. The Hall–Kier alpha value is -0.760. The highest BCUT2D eigenvalue weighted by molar-refractivity contribution is 6.17. The van der Waals surface area contributed by atoms with Crippen LogP contribution in [0.1, 0.15) is 19.4 Å². The van der Waals surface area contributed by atoms with Gasteiger partial charge < -0.3 is 4.74 Å². The van der Waals surface area contributed by atoms with Gasteiger partial charge in [0.25, 0.3) is 0 Å². The molecule has 0 aliphatic rings. The molecule has 3 heteroatoms. The first-order valence-corrected chi connectivity index (χ1v) is 4.89. The summed E-state index contributed by atoms with van der Waals surface area (Å²) in [6, 6.07) is 3.75. The Morgan fingerprint density at radius 3 is 2.92 bits per heavy atom. The van der Waals surface area contributed by atoms with Gasteiger partial charge in [-0.05, 0) is 17.5 Å². The molecule has 1 aromatic rings. The fraction of sp³-hybridized carbons (Fsp3) is 0.500. The summed E-state index contributed by atoms with van der Waals surface area (Å²) in [6.07, 6.45) is 1.72. The predicted molar refractivity (Wildman–Crippen MR) is 54.1 cm³/mol. The molecule has 0 bridgehead atoms. The standard InChI is InChI=1S/C10H14ClNO/c1-8(2)7-13-10-5-9(6-11)3-4-12-10/h3-5,8H,6-7H2,1-2H3. The third kappa shape index (κ3) is 3.64. The lowest BCUT2D eigenvalue weighted by Gasteiger charge is -2.07. The van der Waals surface area contributed by atoms with Crippen LogP contribution in [0.2, 0.25) is 0 Å². The smallest absolute Gasteiger partial charge is 0.213 e. The largest absolute Gasteiger partial charge is 0.477 e. The molecule has 0 aliphatic carbocycles.